The van der Waals surface area contributed by atoms with Crippen molar-refractivity contribution in [1.82, 2.24) is 10.6 Å². The number of ether oxygens (including phenoxy) is 1. The highest BCUT2D eigenvalue weighted by Crippen LogP contribution is 2.29. The molecule has 0 unspecified atom stereocenters. The molecule has 5 heteroatoms. The molecule has 0 bridgehead atoms. The maximum Gasteiger partial charge on any atom is 0.251 e. The normalized spacial score (nSPS) is 15.6. The summed E-state index contributed by atoms with van der Waals surface area (Å²) >= 11 is 0. The van der Waals surface area contributed by atoms with E-state index < -0.39 is 12.1 Å². The van der Waals surface area contributed by atoms with Crippen molar-refractivity contribution in [2.75, 3.05) is 13.2 Å². The van der Waals surface area contributed by atoms with Gasteiger partial charge in [0, 0.05) is 17.6 Å². The van der Waals surface area contributed by atoms with Gasteiger partial charge in [0.05, 0.1) is 18.8 Å². The van der Waals surface area contributed by atoms with Crippen LogP contribution < -0.4 is 15.4 Å². The van der Waals surface area contributed by atoms with E-state index in [1.165, 1.54) is 19.3 Å². The topological polar surface area (TPSA) is 70.6 Å². The van der Waals surface area contributed by atoms with E-state index in [2.05, 4.69) is 38.3 Å². The first-order chi connectivity index (χ1) is 16.7. The lowest BCUT2D eigenvalue weighted by molar-refractivity contribution is 0.0811. The van der Waals surface area contributed by atoms with Gasteiger partial charge in [-0.2, -0.15) is 0 Å². The number of nitrogens with one attached hydrogen (secondary N) is 2. The minimum atomic E-state index is -0.724. The predicted octanol–water partition coefficient (Wildman–Crippen LogP) is 5.37. The zero-order valence-corrected chi connectivity index (χ0v) is 21.9. The highest BCUT2D eigenvalue weighted by molar-refractivity contribution is 5.94. The quantitative estimate of drug-likeness (QED) is 0.320. The number of carbonyl (C=O) groups excluding carboxylic acids is 1. The Kier molecular flexibility index (Phi) is 10.2. The minimum absolute atomic E-state index is 0.0790. The van der Waals surface area contributed by atoms with Crippen LogP contribution in [0.2, 0.25) is 0 Å². The third-order valence-corrected chi connectivity index (χ3v) is 6.73. The summed E-state index contributed by atoms with van der Waals surface area (Å²) in [7, 11) is 0. The molecule has 192 valence electrons. The second kappa shape index (κ2) is 13.1. The highest BCUT2D eigenvalue weighted by atomic mass is 16.5. The summed E-state index contributed by atoms with van der Waals surface area (Å²) in [5, 5.41) is 17.8. The molecular weight excluding hydrogens is 436 g/mol. The van der Waals surface area contributed by atoms with E-state index in [1.54, 1.807) is 12.1 Å². The second-order valence-electron chi connectivity index (χ2n) is 11.2. The summed E-state index contributed by atoms with van der Waals surface area (Å²) in [5.41, 5.74) is 1.55. The molecule has 3 rings (SSSR count). The number of carbonyl (C=O) groups is 1. The molecule has 1 saturated carbocycles. The van der Waals surface area contributed by atoms with Crippen molar-refractivity contribution in [3.8, 4) is 5.75 Å². The van der Waals surface area contributed by atoms with E-state index in [4.69, 9.17) is 4.74 Å². The zero-order chi connectivity index (χ0) is 25.3. The molecule has 3 N–H and O–H groups in total. The molecule has 0 heterocycles. The maximum absolute atomic E-state index is 13.2. The van der Waals surface area contributed by atoms with Crippen LogP contribution in [0.15, 0.2) is 54.6 Å². The van der Waals surface area contributed by atoms with Crippen molar-refractivity contribution in [2.45, 2.75) is 83.9 Å². The van der Waals surface area contributed by atoms with Crippen molar-refractivity contribution in [1.29, 1.82) is 0 Å². The first-order valence-corrected chi connectivity index (χ1v) is 13.2. The number of amides is 1. The van der Waals surface area contributed by atoms with E-state index in [-0.39, 0.29) is 11.4 Å². The number of benzene rings is 2. The Morgan fingerprint density at radius 2 is 1.86 bits per heavy atom. The SMILES string of the molecule is CC(C)CCCC(C)(C)NC[C@@H](O)[C@H](Cc1ccccc1)NC(=O)c1cccc(OCC2CC2)c1. The van der Waals surface area contributed by atoms with E-state index in [0.29, 0.717) is 37.0 Å². The number of aliphatic hydroxyl groups is 1. The van der Waals surface area contributed by atoms with Crippen molar-refractivity contribution in [3.63, 3.8) is 0 Å². The average molecular weight is 481 g/mol. The van der Waals surface area contributed by atoms with Crippen LogP contribution in [0.3, 0.4) is 0 Å². The standard InChI is InChI=1S/C30H44N2O3/c1-22(2)10-9-17-30(3,4)31-20-28(33)27(18-23-11-6-5-7-12-23)32-29(34)25-13-8-14-26(19-25)35-21-24-15-16-24/h5-8,11-14,19,22,24,27-28,31,33H,9-10,15-18,20-21H2,1-4H3,(H,32,34)/t27-,28+/m0/s1. The van der Waals surface area contributed by atoms with Gasteiger partial charge >= 0.3 is 0 Å². The lowest BCUT2D eigenvalue weighted by atomic mass is 9.93. The molecule has 0 spiro atoms. The molecule has 5 nitrogen and oxygen atoms in total. The van der Waals surface area contributed by atoms with Crippen molar-refractivity contribution in [2.24, 2.45) is 11.8 Å². The monoisotopic (exact) mass is 480 g/mol. The summed E-state index contributed by atoms with van der Waals surface area (Å²) in [5.74, 6) is 1.87. The van der Waals surface area contributed by atoms with Gasteiger partial charge in [-0.15, -0.1) is 0 Å². The van der Waals surface area contributed by atoms with Crippen LogP contribution in [0.1, 0.15) is 75.7 Å². The molecule has 0 radical (unpaired) electrons. The summed E-state index contributed by atoms with van der Waals surface area (Å²) < 4.78 is 5.85. The number of aliphatic hydroxyl groups excluding tert-OH is 1. The first-order valence-electron chi connectivity index (χ1n) is 13.2. The van der Waals surface area contributed by atoms with Crippen LogP contribution in [0.5, 0.6) is 5.75 Å². The summed E-state index contributed by atoms with van der Waals surface area (Å²) in [4.78, 5) is 13.2. The summed E-state index contributed by atoms with van der Waals surface area (Å²) in [6.45, 7) is 9.97. The fourth-order valence-corrected chi connectivity index (χ4v) is 4.19. The third-order valence-electron chi connectivity index (χ3n) is 6.73. The molecule has 2 atom stereocenters. The third kappa shape index (κ3) is 10.0. The average Bonchev–Trinajstić information content (AvgIpc) is 3.66. The first kappa shape index (κ1) is 27.2. The van der Waals surface area contributed by atoms with Crippen molar-refractivity contribution < 1.29 is 14.6 Å². The predicted molar refractivity (Wildman–Crippen MR) is 143 cm³/mol. The van der Waals surface area contributed by atoms with Crippen LogP contribution in [-0.2, 0) is 6.42 Å². The van der Waals surface area contributed by atoms with Crippen molar-refractivity contribution >= 4 is 5.91 Å². The molecular formula is C30H44N2O3. The molecule has 1 fully saturated rings. The van der Waals surface area contributed by atoms with Crippen LogP contribution in [0.4, 0.5) is 0 Å². The smallest absolute Gasteiger partial charge is 0.251 e. The fourth-order valence-electron chi connectivity index (χ4n) is 4.19. The number of hydrogen-bond acceptors (Lipinski definition) is 4. The molecule has 2 aromatic rings. The number of rotatable bonds is 15. The minimum Gasteiger partial charge on any atom is -0.493 e. The van der Waals surface area contributed by atoms with E-state index in [0.717, 1.165) is 24.2 Å². The van der Waals surface area contributed by atoms with Gasteiger partial charge in [-0.05, 0) is 75.1 Å². The zero-order valence-electron chi connectivity index (χ0n) is 21.9. The largest absolute Gasteiger partial charge is 0.493 e. The Labute approximate surface area is 211 Å². The maximum atomic E-state index is 13.2. The Balaban J connectivity index is 1.62. The molecule has 2 aromatic carbocycles. The Hall–Kier alpha value is -2.37. The van der Waals surface area contributed by atoms with Gasteiger partial charge < -0.3 is 20.5 Å². The van der Waals surface area contributed by atoms with E-state index in [1.807, 2.05) is 42.5 Å². The number of hydrogen-bond donors (Lipinski definition) is 3. The molecule has 1 amide bonds. The van der Waals surface area contributed by atoms with Gasteiger partial charge in [0.1, 0.15) is 5.75 Å². The van der Waals surface area contributed by atoms with Gasteiger partial charge in [0.2, 0.25) is 0 Å². The van der Waals surface area contributed by atoms with E-state index >= 15 is 0 Å². The molecule has 1 aliphatic carbocycles. The molecule has 1 aliphatic rings. The van der Waals surface area contributed by atoms with Gasteiger partial charge in [0.25, 0.3) is 5.91 Å². The van der Waals surface area contributed by atoms with E-state index in [9.17, 15) is 9.90 Å². The Morgan fingerprint density at radius 3 is 2.54 bits per heavy atom. The van der Waals surface area contributed by atoms with Crippen LogP contribution in [-0.4, -0.2) is 41.9 Å². The highest BCUT2D eigenvalue weighted by Gasteiger charge is 2.26. The van der Waals surface area contributed by atoms with Crippen molar-refractivity contribution in [3.05, 3.63) is 65.7 Å². The fraction of sp³-hybridized carbons (Fsp3) is 0.567. The van der Waals surface area contributed by atoms with Crippen LogP contribution in [0.25, 0.3) is 0 Å². The Bertz CT molecular complexity index is 909. The lowest BCUT2D eigenvalue weighted by Gasteiger charge is -2.31. The second-order valence-corrected chi connectivity index (χ2v) is 11.2. The lowest BCUT2D eigenvalue weighted by Crippen LogP contribution is -2.52. The summed E-state index contributed by atoms with van der Waals surface area (Å²) in [6.07, 6.45) is 5.67. The molecule has 0 aliphatic heterocycles. The molecule has 35 heavy (non-hydrogen) atoms. The van der Waals surface area contributed by atoms with Crippen LogP contribution in [0, 0.1) is 11.8 Å². The molecule has 0 aromatic heterocycles. The van der Waals surface area contributed by atoms with Crippen LogP contribution >= 0.6 is 0 Å². The van der Waals surface area contributed by atoms with Gasteiger partial charge in [-0.25, -0.2) is 0 Å². The van der Waals surface area contributed by atoms with Gasteiger partial charge in [-0.1, -0.05) is 63.1 Å². The molecule has 0 saturated heterocycles. The van der Waals surface area contributed by atoms with Gasteiger partial charge in [0.15, 0.2) is 0 Å². The van der Waals surface area contributed by atoms with Gasteiger partial charge in [-0.3, -0.25) is 4.79 Å². The Morgan fingerprint density at radius 1 is 1.11 bits per heavy atom. The summed E-state index contributed by atoms with van der Waals surface area (Å²) in [6, 6.07) is 16.9. The number of β-amino-alcohol motifs (C(OH)–C–C–N with tert-alkyl or cyclic N) is 1.